The van der Waals surface area contributed by atoms with Crippen LogP contribution in [0.25, 0.3) is 0 Å². The van der Waals surface area contributed by atoms with Crippen LogP contribution in [0.15, 0.2) is 23.1 Å². The molecule has 9 heteroatoms. The van der Waals surface area contributed by atoms with E-state index in [1.807, 2.05) is 0 Å². The number of hydrogen-bond donors (Lipinski definition) is 4. The van der Waals surface area contributed by atoms with Crippen LogP contribution in [0.4, 0.5) is 0 Å². The van der Waals surface area contributed by atoms with Gasteiger partial charge in [0.2, 0.25) is 10.0 Å². The lowest BCUT2D eigenvalue weighted by molar-refractivity contribution is 0.0581. The first-order chi connectivity index (χ1) is 9.87. The van der Waals surface area contributed by atoms with E-state index < -0.39 is 35.4 Å². The monoisotopic (exact) mass is 321 g/mol. The summed E-state index contributed by atoms with van der Waals surface area (Å²) in [4.78, 5) is -0.203. The van der Waals surface area contributed by atoms with Crippen LogP contribution in [0.2, 0.25) is 0 Å². The molecule has 1 rings (SSSR count). The number of benzene rings is 1. The zero-order chi connectivity index (χ0) is 16.1. The molecule has 1 aromatic rings. The zero-order valence-electron chi connectivity index (χ0n) is 11.7. The Morgan fingerprint density at radius 1 is 1.10 bits per heavy atom. The quantitative estimate of drug-likeness (QED) is 0.469. The van der Waals surface area contributed by atoms with Crippen molar-refractivity contribution in [3.63, 3.8) is 0 Å². The molecule has 1 aromatic carbocycles. The summed E-state index contributed by atoms with van der Waals surface area (Å²) in [5.41, 5.74) is -1.76. The molecule has 0 aromatic heterocycles. The Labute approximate surface area is 123 Å². The SMILES string of the molecule is COc1ccc(S(=O)(=O)NC(CO)(CO)CO)c(OC)c1. The van der Waals surface area contributed by atoms with Crippen molar-refractivity contribution in [1.82, 2.24) is 4.72 Å². The van der Waals surface area contributed by atoms with Crippen molar-refractivity contribution in [1.29, 1.82) is 0 Å². The molecule has 0 saturated heterocycles. The second-order valence-corrected chi connectivity index (χ2v) is 6.03. The summed E-state index contributed by atoms with van der Waals surface area (Å²) in [6.07, 6.45) is 0. The maximum atomic E-state index is 12.3. The summed E-state index contributed by atoms with van der Waals surface area (Å²) in [5, 5.41) is 27.6. The summed E-state index contributed by atoms with van der Waals surface area (Å²) < 4.78 is 36.7. The van der Waals surface area contributed by atoms with Crippen LogP contribution in [-0.2, 0) is 10.0 Å². The number of aliphatic hydroxyl groups excluding tert-OH is 3. The zero-order valence-corrected chi connectivity index (χ0v) is 12.6. The predicted octanol–water partition coefficient (Wildman–Crippen LogP) is -1.30. The van der Waals surface area contributed by atoms with Crippen LogP contribution in [0.3, 0.4) is 0 Å². The smallest absolute Gasteiger partial charge is 0.245 e. The Morgan fingerprint density at radius 2 is 1.67 bits per heavy atom. The van der Waals surface area contributed by atoms with Gasteiger partial charge in [0.05, 0.1) is 34.0 Å². The number of nitrogens with one attached hydrogen (secondary N) is 1. The summed E-state index contributed by atoms with van der Waals surface area (Å²) in [5.74, 6) is 0.438. The second kappa shape index (κ2) is 7.05. The summed E-state index contributed by atoms with van der Waals surface area (Å²) in [6, 6.07) is 4.07. The van der Waals surface area contributed by atoms with Gasteiger partial charge in [0.15, 0.2) is 0 Å². The first kappa shape index (κ1) is 17.7. The van der Waals surface area contributed by atoms with E-state index in [1.54, 1.807) is 0 Å². The van der Waals surface area contributed by atoms with Crippen LogP contribution < -0.4 is 14.2 Å². The third-order valence-electron chi connectivity index (χ3n) is 2.92. The Balaban J connectivity index is 3.25. The molecule has 8 nitrogen and oxygen atoms in total. The summed E-state index contributed by atoms with van der Waals surface area (Å²) in [7, 11) is -1.41. The number of methoxy groups -OCH3 is 2. The van der Waals surface area contributed by atoms with Crippen LogP contribution in [0.1, 0.15) is 0 Å². The minimum Gasteiger partial charge on any atom is -0.497 e. The Bertz CT molecular complexity index is 561. The third-order valence-corrected chi connectivity index (χ3v) is 4.54. The molecule has 0 fully saturated rings. The third kappa shape index (κ3) is 3.83. The van der Waals surface area contributed by atoms with Gasteiger partial charge in [-0.1, -0.05) is 0 Å². The maximum Gasteiger partial charge on any atom is 0.245 e. The summed E-state index contributed by atoms with van der Waals surface area (Å²) >= 11 is 0. The number of sulfonamides is 1. The van der Waals surface area contributed by atoms with Crippen molar-refractivity contribution in [2.24, 2.45) is 0 Å². The Morgan fingerprint density at radius 3 is 2.10 bits per heavy atom. The number of aliphatic hydroxyl groups is 3. The highest BCUT2D eigenvalue weighted by Crippen LogP contribution is 2.29. The molecular formula is C12H19NO7S. The highest BCUT2D eigenvalue weighted by Gasteiger charge is 2.35. The van der Waals surface area contributed by atoms with E-state index in [-0.39, 0.29) is 10.6 Å². The van der Waals surface area contributed by atoms with E-state index in [0.29, 0.717) is 5.75 Å². The molecule has 0 radical (unpaired) electrons. The van der Waals surface area contributed by atoms with Crippen LogP contribution in [-0.4, -0.2) is 63.3 Å². The Hall–Kier alpha value is -1.39. The molecule has 0 amide bonds. The molecule has 0 saturated carbocycles. The second-order valence-electron chi connectivity index (χ2n) is 4.38. The average Bonchev–Trinajstić information content (AvgIpc) is 2.51. The van der Waals surface area contributed by atoms with E-state index >= 15 is 0 Å². The molecule has 0 aliphatic rings. The van der Waals surface area contributed by atoms with Gasteiger partial charge in [0.25, 0.3) is 0 Å². The first-order valence-corrected chi connectivity index (χ1v) is 7.45. The van der Waals surface area contributed by atoms with E-state index in [1.165, 1.54) is 32.4 Å². The molecule has 0 atom stereocenters. The number of hydrogen-bond acceptors (Lipinski definition) is 7. The van der Waals surface area contributed by atoms with Crippen molar-refractivity contribution in [2.75, 3.05) is 34.0 Å². The minimum absolute atomic E-state index is 0.0320. The Kier molecular flexibility index (Phi) is 5.93. The van der Waals surface area contributed by atoms with Gasteiger partial charge in [-0.3, -0.25) is 0 Å². The molecule has 0 unspecified atom stereocenters. The van der Waals surface area contributed by atoms with Gasteiger partial charge in [-0.25, -0.2) is 8.42 Å². The van der Waals surface area contributed by atoms with Gasteiger partial charge in [-0.2, -0.15) is 4.72 Å². The largest absolute Gasteiger partial charge is 0.497 e. The van der Waals surface area contributed by atoms with Gasteiger partial charge in [-0.05, 0) is 12.1 Å². The lowest BCUT2D eigenvalue weighted by Crippen LogP contribution is -2.56. The van der Waals surface area contributed by atoms with Crippen molar-refractivity contribution in [2.45, 2.75) is 10.4 Å². The lowest BCUT2D eigenvalue weighted by atomic mass is 10.1. The van der Waals surface area contributed by atoms with Gasteiger partial charge < -0.3 is 24.8 Å². The number of ether oxygens (including phenoxy) is 2. The van der Waals surface area contributed by atoms with Crippen LogP contribution >= 0.6 is 0 Å². The minimum atomic E-state index is -4.13. The van der Waals surface area contributed by atoms with E-state index in [2.05, 4.69) is 4.72 Å². The standard InChI is InChI=1S/C12H19NO7S/c1-19-9-3-4-11(10(5-9)20-2)21(17,18)13-12(6-14,7-15)8-16/h3-5,13-16H,6-8H2,1-2H3. The highest BCUT2D eigenvalue weighted by atomic mass is 32.2. The molecule has 0 aliphatic carbocycles. The molecule has 0 bridgehead atoms. The maximum absolute atomic E-state index is 12.3. The van der Waals surface area contributed by atoms with Crippen LogP contribution in [0.5, 0.6) is 11.5 Å². The summed E-state index contributed by atoms with van der Waals surface area (Å²) in [6.45, 7) is -2.30. The average molecular weight is 321 g/mol. The van der Waals surface area contributed by atoms with Gasteiger partial charge in [-0.15, -0.1) is 0 Å². The fraction of sp³-hybridized carbons (Fsp3) is 0.500. The topological polar surface area (TPSA) is 125 Å². The first-order valence-electron chi connectivity index (χ1n) is 5.96. The molecule has 0 aliphatic heterocycles. The van der Waals surface area contributed by atoms with Crippen molar-refractivity contribution in [3.05, 3.63) is 18.2 Å². The van der Waals surface area contributed by atoms with Gasteiger partial charge in [0, 0.05) is 6.07 Å². The molecule has 21 heavy (non-hydrogen) atoms. The van der Waals surface area contributed by atoms with Gasteiger partial charge >= 0.3 is 0 Å². The fourth-order valence-electron chi connectivity index (χ4n) is 1.58. The van der Waals surface area contributed by atoms with E-state index in [4.69, 9.17) is 9.47 Å². The molecular weight excluding hydrogens is 302 g/mol. The predicted molar refractivity (Wildman–Crippen MR) is 73.9 cm³/mol. The molecule has 0 spiro atoms. The normalized spacial score (nSPS) is 12.2. The van der Waals surface area contributed by atoms with Crippen molar-refractivity contribution < 1.29 is 33.2 Å². The highest BCUT2D eigenvalue weighted by molar-refractivity contribution is 7.89. The van der Waals surface area contributed by atoms with E-state index in [0.717, 1.165) is 0 Å². The van der Waals surface area contributed by atoms with Crippen molar-refractivity contribution >= 4 is 10.0 Å². The molecule has 4 N–H and O–H groups in total. The van der Waals surface area contributed by atoms with Crippen LogP contribution in [0, 0.1) is 0 Å². The van der Waals surface area contributed by atoms with Crippen molar-refractivity contribution in [3.8, 4) is 11.5 Å². The van der Waals surface area contributed by atoms with Gasteiger partial charge in [0.1, 0.15) is 21.9 Å². The lowest BCUT2D eigenvalue weighted by Gasteiger charge is -2.28. The molecule has 120 valence electrons. The van der Waals surface area contributed by atoms with E-state index in [9.17, 15) is 23.7 Å². The molecule has 0 heterocycles. The fourth-order valence-corrected chi connectivity index (χ4v) is 3.11. The number of rotatable bonds is 8.